The molecule has 2 saturated heterocycles. The number of nitrogens with zero attached hydrogens (tertiary/aromatic N) is 2. The van der Waals surface area contributed by atoms with E-state index in [4.69, 9.17) is 0 Å². The van der Waals surface area contributed by atoms with E-state index in [2.05, 4.69) is 70.7 Å². The van der Waals surface area contributed by atoms with E-state index in [0.717, 1.165) is 18.5 Å². The van der Waals surface area contributed by atoms with Gasteiger partial charge in [-0.25, -0.2) is 0 Å². The van der Waals surface area contributed by atoms with Crippen molar-refractivity contribution >= 4 is 23.5 Å². The van der Waals surface area contributed by atoms with Crippen LogP contribution in [0, 0.1) is 5.92 Å². The zero-order chi connectivity index (χ0) is 15.9. The third kappa shape index (κ3) is 5.70. The molecule has 2 fully saturated rings. The van der Waals surface area contributed by atoms with Crippen LogP contribution in [0.3, 0.4) is 0 Å². The Hall–Kier alpha value is -0.160. The summed E-state index contributed by atoms with van der Waals surface area (Å²) >= 11 is 4.29. The highest BCUT2D eigenvalue weighted by Gasteiger charge is 2.24. The summed E-state index contributed by atoms with van der Waals surface area (Å²) < 4.78 is 0. The molecule has 2 heterocycles. The molecule has 2 aliphatic heterocycles. The van der Waals surface area contributed by atoms with Gasteiger partial charge in [0, 0.05) is 42.1 Å². The monoisotopic (exact) mass is 350 g/mol. The van der Waals surface area contributed by atoms with E-state index in [1.807, 2.05) is 0 Å². The average molecular weight is 351 g/mol. The Morgan fingerprint density at radius 1 is 1.04 bits per heavy atom. The van der Waals surface area contributed by atoms with Crippen molar-refractivity contribution in [1.29, 1.82) is 0 Å². The molecule has 0 bridgehead atoms. The van der Waals surface area contributed by atoms with Gasteiger partial charge in [0.2, 0.25) is 0 Å². The molecule has 0 atom stereocenters. The molecule has 4 heteroatoms. The third-order valence-electron chi connectivity index (χ3n) is 5.12. The lowest BCUT2D eigenvalue weighted by molar-refractivity contribution is 0.140. The lowest BCUT2D eigenvalue weighted by Gasteiger charge is -2.36. The molecule has 0 radical (unpaired) electrons. The minimum Gasteiger partial charge on any atom is -0.301 e. The van der Waals surface area contributed by atoms with Crippen LogP contribution in [-0.4, -0.2) is 65.5 Å². The maximum atomic E-state index is 2.66. The molecule has 0 amide bonds. The van der Waals surface area contributed by atoms with Crippen molar-refractivity contribution in [3.63, 3.8) is 0 Å². The maximum absolute atomic E-state index is 2.66. The third-order valence-corrected chi connectivity index (χ3v) is 7.60. The Morgan fingerprint density at radius 3 is 2.35 bits per heavy atom. The van der Waals surface area contributed by atoms with Gasteiger partial charge in [-0.15, -0.1) is 0 Å². The molecule has 2 aliphatic rings. The minimum atomic E-state index is 0.787. The van der Waals surface area contributed by atoms with E-state index in [0.29, 0.717) is 0 Å². The molecule has 0 N–H and O–H groups in total. The summed E-state index contributed by atoms with van der Waals surface area (Å²) in [5.74, 6) is 6.23. The highest BCUT2D eigenvalue weighted by atomic mass is 32.2. The van der Waals surface area contributed by atoms with Crippen molar-refractivity contribution in [1.82, 2.24) is 9.80 Å². The van der Waals surface area contributed by atoms with Gasteiger partial charge in [-0.3, -0.25) is 4.90 Å². The van der Waals surface area contributed by atoms with Gasteiger partial charge in [0.1, 0.15) is 0 Å². The van der Waals surface area contributed by atoms with Gasteiger partial charge in [-0.2, -0.15) is 23.5 Å². The Kier molecular flexibility index (Phi) is 7.18. The highest BCUT2D eigenvalue weighted by molar-refractivity contribution is 8.03. The topological polar surface area (TPSA) is 6.48 Å². The summed E-state index contributed by atoms with van der Waals surface area (Å²) in [6, 6.07) is 11.7. The van der Waals surface area contributed by atoms with Crippen molar-refractivity contribution in [2.75, 3.05) is 49.7 Å². The SMILES string of the molecule is CN(CC1CCN(Cc2ccccc2)CC1)C1CSCCSC1. The first-order chi connectivity index (χ1) is 11.3. The summed E-state index contributed by atoms with van der Waals surface area (Å²) in [7, 11) is 2.35. The van der Waals surface area contributed by atoms with Crippen LogP contribution < -0.4 is 0 Å². The fourth-order valence-electron chi connectivity index (χ4n) is 3.58. The normalized spacial score (nSPS) is 22.3. The highest BCUT2D eigenvalue weighted by Crippen LogP contribution is 2.24. The van der Waals surface area contributed by atoms with Crippen molar-refractivity contribution in [2.45, 2.75) is 25.4 Å². The number of hydrogen-bond donors (Lipinski definition) is 0. The fraction of sp³-hybridized carbons (Fsp3) is 0.684. The molecule has 1 aromatic carbocycles. The van der Waals surface area contributed by atoms with Crippen molar-refractivity contribution < 1.29 is 0 Å². The quantitative estimate of drug-likeness (QED) is 0.799. The molecule has 0 unspecified atom stereocenters. The second-order valence-electron chi connectivity index (χ2n) is 6.95. The van der Waals surface area contributed by atoms with Gasteiger partial charge in [-0.1, -0.05) is 30.3 Å². The van der Waals surface area contributed by atoms with Crippen LogP contribution in [0.15, 0.2) is 30.3 Å². The summed E-state index contributed by atoms with van der Waals surface area (Å²) in [5, 5.41) is 0. The molecular weight excluding hydrogens is 320 g/mol. The minimum absolute atomic E-state index is 0.787. The van der Waals surface area contributed by atoms with E-state index in [1.54, 1.807) is 0 Å². The molecule has 1 aromatic rings. The van der Waals surface area contributed by atoms with E-state index in [9.17, 15) is 0 Å². The predicted octanol–water partition coefficient (Wildman–Crippen LogP) is 3.68. The van der Waals surface area contributed by atoms with Crippen LogP contribution >= 0.6 is 23.5 Å². The van der Waals surface area contributed by atoms with Gasteiger partial charge < -0.3 is 4.90 Å². The summed E-state index contributed by atoms with van der Waals surface area (Å²) in [6.07, 6.45) is 2.73. The first-order valence-corrected chi connectivity index (χ1v) is 11.2. The molecule has 3 rings (SSSR count). The Morgan fingerprint density at radius 2 is 1.70 bits per heavy atom. The Balaban J connectivity index is 1.40. The predicted molar refractivity (Wildman–Crippen MR) is 106 cm³/mol. The van der Waals surface area contributed by atoms with Crippen molar-refractivity contribution in [2.24, 2.45) is 5.92 Å². The number of rotatable bonds is 5. The van der Waals surface area contributed by atoms with E-state index < -0.39 is 0 Å². The molecular formula is C19H30N2S2. The molecule has 2 nitrogen and oxygen atoms in total. The van der Waals surface area contributed by atoms with Crippen molar-refractivity contribution in [3.8, 4) is 0 Å². The summed E-state index contributed by atoms with van der Waals surface area (Å²) in [5.41, 5.74) is 1.45. The van der Waals surface area contributed by atoms with Gasteiger partial charge in [0.05, 0.1) is 0 Å². The molecule has 0 aliphatic carbocycles. The summed E-state index contributed by atoms with van der Waals surface area (Å²) in [4.78, 5) is 5.28. The Bertz CT molecular complexity index is 438. The van der Waals surface area contributed by atoms with Crippen molar-refractivity contribution in [3.05, 3.63) is 35.9 Å². The maximum Gasteiger partial charge on any atom is 0.0274 e. The smallest absolute Gasteiger partial charge is 0.0274 e. The van der Waals surface area contributed by atoms with Gasteiger partial charge in [0.15, 0.2) is 0 Å². The number of piperidine rings is 1. The first kappa shape index (κ1) is 17.7. The van der Waals surface area contributed by atoms with Gasteiger partial charge in [-0.05, 0) is 44.5 Å². The number of hydrogen-bond acceptors (Lipinski definition) is 4. The largest absolute Gasteiger partial charge is 0.301 e. The van der Waals surface area contributed by atoms with Crippen LogP contribution in [0.2, 0.25) is 0 Å². The average Bonchev–Trinajstić information content (AvgIpc) is 2.87. The van der Waals surface area contributed by atoms with Crippen LogP contribution in [-0.2, 0) is 6.54 Å². The fourth-order valence-corrected chi connectivity index (χ4v) is 6.30. The number of benzene rings is 1. The van der Waals surface area contributed by atoms with Crippen LogP contribution in [0.5, 0.6) is 0 Å². The van der Waals surface area contributed by atoms with Gasteiger partial charge in [0.25, 0.3) is 0 Å². The number of likely N-dealkylation sites (tertiary alicyclic amines) is 1. The molecule has 0 spiro atoms. The second-order valence-corrected chi connectivity index (χ2v) is 9.25. The lowest BCUT2D eigenvalue weighted by atomic mass is 9.95. The Labute approximate surface area is 150 Å². The van der Waals surface area contributed by atoms with Crippen LogP contribution in [0.1, 0.15) is 18.4 Å². The van der Waals surface area contributed by atoms with Crippen LogP contribution in [0.4, 0.5) is 0 Å². The molecule has 128 valence electrons. The van der Waals surface area contributed by atoms with Crippen LogP contribution in [0.25, 0.3) is 0 Å². The zero-order valence-electron chi connectivity index (χ0n) is 14.3. The number of thioether (sulfide) groups is 2. The molecule has 0 aromatic heterocycles. The molecule has 0 saturated carbocycles. The second kappa shape index (κ2) is 9.36. The standard InChI is InChI=1S/C19H30N2S2/c1-20(19-15-22-11-12-23-16-19)13-18-7-9-21(10-8-18)14-17-5-3-2-4-6-17/h2-6,18-19H,7-16H2,1H3. The molecule has 23 heavy (non-hydrogen) atoms. The first-order valence-electron chi connectivity index (χ1n) is 8.93. The zero-order valence-corrected chi connectivity index (χ0v) is 16.0. The van der Waals surface area contributed by atoms with E-state index in [1.165, 1.54) is 61.1 Å². The summed E-state index contributed by atoms with van der Waals surface area (Å²) in [6.45, 7) is 4.95. The van der Waals surface area contributed by atoms with E-state index >= 15 is 0 Å². The van der Waals surface area contributed by atoms with E-state index in [-0.39, 0.29) is 0 Å². The lowest BCUT2D eigenvalue weighted by Crippen LogP contribution is -2.42. The van der Waals surface area contributed by atoms with Gasteiger partial charge >= 0.3 is 0 Å².